The summed E-state index contributed by atoms with van der Waals surface area (Å²) in [6.07, 6.45) is -17.0. The summed E-state index contributed by atoms with van der Waals surface area (Å²) in [6.45, 7) is 3.68. The average Bonchev–Trinajstić information content (AvgIpc) is 2.42. The van der Waals surface area contributed by atoms with Crippen LogP contribution in [0, 0.1) is 5.92 Å². The molecule has 0 spiro atoms. The molecule has 1 rings (SSSR count). The van der Waals surface area contributed by atoms with Gasteiger partial charge in [0, 0.05) is 12.0 Å². The normalized spacial score (nSPS) is 14.8. The standard InChI is InChI=1S/C15H17F7O2/c1-9(2)8-24-12-6-4-3-5-10(12)11(23)7-13(16,14(17,18)19)15(20,21)22/h3-6,9,11,23H,7-8H2,1-2H3. The van der Waals surface area contributed by atoms with E-state index in [1.54, 1.807) is 13.8 Å². The van der Waals surface area contributed by atoms with Gasteiger partial charge in [-0.1, -0.05) is 32.0 Å². The molecule has 1 unspecified atom stereocenters. The van der Waals surface area contributed by atoms with Gasteiger partial charge in [0.2, 0.25) is 0 Å². The summed E-state index contributed by atoms with van der Waals surface area (Å²) in [5.74, 6) is -0.0637. The van der Waals surface area contributed by atoms with E-state index in [1.165, 1.54) is 18.2 Å². The van der Waals surface area contributed by atoms with Crippen LogP contribution in [0.3, 0.4) is 0 Å². The number of hydrogen-bond donors (Lipinski definition) is 1. The molecule has 0 radical (unpaired) electrons. The molecule has 1 aromatic rings. The summed E-state index contributed by atoms with van der Waals surface area (Å²) >= 11 is 0. The molecule has 0 heterocycles. The first-order valence-corrected chi connectivity index (χ1v) is 7.01. The number of ether oxygens (including phenoxy) is 1. The molecule has 1 atom stereocenters. The molecule has 138 valence electrons. The van der Waals surface area contributed by atoms with Crippen LogP contribution in [-0.2, 0) is 0 Å². The van der Waals surface area contributed by atoms with Crippen molar-refractivity contribution in [3.63, 3.8) is 0 Å². The second kappa shape index (κ2) is 7.16. The van der Waals surface area contributed by atoms with E-state index in [0.29, 0.717) is 0 Å². The molecule has 24 heavy (non-hydrogen) atoms. The van der Waals surface area contributed by atoms with Crippen molar-refractivity contribution in [3.8, 4) is 5.75 Å². The Bertz CT molecular complexity index is 523. The van der Waals surface area contributed by atoms with Crippen molar-refractivity contribution in [2.45, 2.75) is 44.4 Å². The minimum atomic E-state index is -6.21. The van der Waals surface area contributed by atoms with Crippen molar-refractivity contribution < 1.29 is 40.6 Å². The lowest BCUT2D eigenvalue weighted by molar-refractivity contribution is -0.347. The Morgan fingerprint density at radius 3 is 1.92 bits per heavy atom. The summed E-state index contributed by atoms with van der Waals surface area (Å²) in [5, 5.41) is 9.81. The molecule has 2 nitrogen and oxygen atoms in total. The minimum absolute atomic E-state index is 0.0285. The van der Waals surface area contributed by atoms with Gasteiger partial charge in [0.15, 0.2) is 0 Å². The highest BCUT2D eigenvalue weighted by Gasteiger charge is 2.72. The largest absolute Gasteiger partial charge is 0.493 e. The molecule has 0 bridgehead atoms. The van der Waals surface area contributed by atoms with Gasteiger partial charge in [-0.05, 0) is 12.0 Å². The molecular formula is C15H17F7O2. The lowest BCUT2D eigenvalue weighted by Gasteiger charge is -2.32. The number of alkyl halides is 7. The van der Waals surface area contributed by atoms with Crippen LogP contribution in [-0.4, -0.2) is 29.7 Å². The maximum Gasteiger partial charge on any atom is 0.431 e. The van der Waals surface area contributed by atoms with Gasteiger partial charge >= 0.3 is 18.0 Å². The third kappa shape index (κ3) is 4.52. The van der Waals surface area contributed by atoms with Crippen molar-refractivity contribution in [3.05, 3.63) is 29.8 Å². The Hall–Kier alpha value is -1.51. The zero-order valence-corrected chi connectivity index (χ0v) is 12.9. The number of benzene rings is 1. The Kier molecular flexibility index (Phi) is 6.13. The predicted molar refractivity (Wildman–Crippen MR) is 72.3 cm³/mol. The third-order valence-corrected chi connectivity index (χ3v) is 3.22. The molecule has 0 aliphatic carbocycles. The number of halogens is 7. The SMILES string of the molecule is CC(C)COc1ccccc1C(O)CC(F)(C(F)(F)F)C(F)(F)F. The van der Waals surface area contributed by atoms with Crippen LogP contribution in [0.5, 0.6) is 5.75 Å². The number of para-hydroxylation sites is 1. The summed E-state index contributed by atoms with van der Waals surface area (Å²) in [6, 6.07) is 5.10. The van der Waals surface area contributed by atoms with Gasteiger partial charge in [0.25, 0.3) is 0 Å². The number of hydrogen-bond acceptors (Lipinski definition) is 2. The van der Waals surface area contributed by atoms with Gasteiger partial charge in [0.1, 0.15) is 5.75 Å². The number of aliphatic hydroxyl groups is 1. The van der Waals surface area contributed by atoms with Gasteiger partial charge < -0.3 is 9.84 Å². The summed E-state index contributed by atoms with van der Waals surface area (Å²) in [4.78, 5) is 0. The van der Waals surface area contributed by atoms with Crippen LogP contribution >= 0.6 is 0 Å². The van der Waals surface area contributed by atoms with Crippen LogP contribution in [0.4, 0.5) is 30.7 Å². The van der Waals surface area contributed by atoms with Crippen LogP contribution in [0.1, 0.15) is 31.9 Å². The highest BCUT2D eigenvalue weighted by atomic mass is 19.4. The molecule has 0 saturated carbocycles. The molecule has 9 heteroatoms. The van der Waals surface area contributed by atoms with Gasteiger partial charge in [-0.3, -0.25) is 0 Å². The number of rotatable bonds is 6. The van der Waals surface area contributed by atoms with Crippen molar-refractivity contribution in [1.82, 2.24) is 0 Å². The van der Waals surface area contributed by atoms with Gasteiger partial charge in [-0.25, -0.2) is 4.39 Å². The Labute approximate surface area is 134 Å². The van der Waals surface area contributed by atoms with Crippen molar-refractivity contribution in [2.75, 3.05) is 6.61 Å². The maximum absolute atomic E-state index is 13.7. The smallest absolute Gasteiger partial charge is 0.431 e. The van der Waals surface area contributed by atoms with E-state index in [0.717, 1.165) is 6.07 Å². The van der Waals surface area contributed by atoms with E-state index in [-0.39, 0.29) is 23.8 Å². The quantitative estimate of drug-likeness (QED) is 0.724. The van der Waals surface area contributed by atoms with Gasteiger partial charge in [0.05, 0.1) is 12.7 Å². The highest BCUT2D eigenvalue weighted by Crippen LogP contribution is 2.51. The zero-order chi connectivity index (χ0) is 18.8. The Morgan fingerprint density at radius 2 is 1.46 bits per heavy atom. The second-order valence-electron chi connectivity index (χ2n) is 5.76. The van der Waals surface area contributed by atoms with Crippen LogP contribution in [0.2, 0.25) is 0 Å². The molecule has 0 aliphatic heterocycles. The van der Waals surface area contributed by atoms with E-state index in [9.17, 15) is 35.8 Å². The van der Waals surface area contributed by atoms with E-state index in [4.69, 9.17) is 4.74 Å². The molecule has 1 N–H and O–H groups in total. The molecule has 0 saturated heterocycles. The van der Waals surface area contributed by atoms with E-state index < -0.39 is 30.5 Å². The molecular weight excluding hydrogens is 345 g/mol. The van der Waals surface area contributed by atoms with E-state index in [2.05, 4.69) is 0 Å². The van der Waals surface area contributed by atoms with Gasteiger partial charge in [-0.2, -0.15) is 26.3 Å². The summed E-state index contributed by atoms with van der Waals surface area (Å²) < 4.78 is 94.6. The van der Waals surface area contributed by atoms with Crippen molar-refractivity contribution in [2.24, 2.45) is 5.92 Å². The fourth-order valence-corrected chi connectivity index (χ4v) is 1.91. The van der Waals surface area contributed by atoms with Crippen molar-refractivity contribution in [1.29, 1.82) is 0 Å². The number of aliphatic hydroxyl groups excluding tert-OH is 1. The topological polar surface area (TPSA) is 29.5 Å². The molecule has 0 aliphatic rings. The van der Waals surface area contributed by atoms with Crippen LogP contribution in [0.15, 0.2) is 24.3 Å². The lowest BCUT2D eigenvalue weighted by Crippen LogP contribution is -2.54. The van der Waals surface area contributed by atoms with Crippen LogP contribution < -0.4 is 4.74 Å². The fourth-order valence-electron chi connectivity index (χ4n) is 1.91. The fraction of sp³-hybridized carbons (Fsp3) is 0.600. The second-order valence-corrected chi connectivity index (χ2v) is 5.76. The van der Waals surface area contributed by atoms with E-state index in [1.807, 2.05) is 0 Å². The van der Waals surface area contributed by atoms with Crippen molar-refractivity contribution >= 4 is 0 Å². The predicted octanol–water partition coefficient (Wildman–Crippen LogP) is 4.98. The average molecular weight is 362 g/mol. The first-order chi connectivity index (χ1) is 10.8. The molecule has 1 aromatic carbocycles. The lowest BCUT2D eigenvalue weighted by atomic mass is 9.92. The molecule has 0 fully saturated rings. The summed E-state index contributed by atoms with van der Waals surface area (Å²) in [5.41, 5.74) is -5.86. The maximum atomic E-state index is 13.7. The molecule has 0 aromatic heterocycles. The Balaban J connectivity index is 3.12. The van der Waals surface area contributed by atoms with E-state index >= 15 is 0 Å². The third-order valence-electron chi connectivity index (χ3n) is 3.22. The Morgan fingerprint density at radius 1 is 0.958 bits per heavy atom. The van der Waals surface area contributed by atoms with Crippen LogP contribution in [0.25, 0.3) is 0 Å². The highest BCUT2D eigenvalue weighted by molar-refractivity contribution is 5.35. The van der Waals surface area contributed by atoms with Gasteiger partial charge in [-0.15, -0.1) is 0 Å². The zero-order valence-electron chi connectivity index (χ0n) is 12.9. The minimum Gasteiger partial charge on any atom is -0.493 e. The summed E-state index contributed by atoms with van der Waals surface area (Å²) in [7, 11) is 0. The first-order valence-electron chi connectivity index (χ1n) is 7.01. The monoisotopic (exact) mass is 362 g/mol. The molecule has 0 amide bonds. The first kappa shape index (κ1) is 20.5.